The van der Waals surface area contributed by atoms with Crippen LogP contribution in [0.5, 0.6) is 0 Å². The number of nitrogens with zero attached hydrogens (tertiary/aromatic N) is 4. The van der Waals surface area contributed by atoms with Crippen LogP contribution in [0.2, 0.25) is 0 Å². The number of aromatic nitrogens is 5. The van der Waals surface area contributed by atoms with Gasteiger partial charge in [0.15, 0.2) is 5.82 Å². The number of nitrogens with one attached hydrogen (secondary N) is 2. The molecule has 0 radical (unpaired) electrons. The van der Waals surface area contributed by atoms with Crippen LogP contribution < -0.4 is 11.1 Å². The van der Waals surface area contributed by atoms with Crippen molar-refractivity contribution in [2.75, 3.05) is 5.73 Å². The van der Waals surface area contributed by atoms with Crippen molar-refractivity contribution in [1.82, 2.24) is 30.6 Å². The van der Waals surface area contributed by atoms with E-state index in [-0.39, 0.29) is 18.3 Å². The van der Waals surface area contributed by atoms with Gasteiger partial charge in [-0.2, -0.15) is 9.97 Å². The SMILES string of the molecule is Cc1noc(CNC(=O)c2nc(N)n[nH]2)n1. The van der Waals surface area contributed by atoms with E-state index in [2.05, 4.69) is 30.6 Å². The first-order valence-electron chi connectivity index (χ1n) is 4.40. The molecule has 0 spiro atoms. The first kappa shape index (κ1) is 10.1. The van der Waals surface area contributed by atoms with Crippen molar-refractivity contribution in [3.05, 3.63) is 17.5 Å². The first-order valence-corrected chi connectivity index (χ1v) is 4.40. The van der Waals surface area contributed by atoms with Crippen LogP contribution in [-0.4, -0.2) is 31.2 Å². The van der Waals surface area contributed by atoms with Crippen LogP contribution in [0.25, 0.3) is 0 Å². The Morgan fingerprint density at radius 1 is 1.56 bits per heavy atom. The Hall–Kier alpha value is -2.45. The van der Waals surface area contributed by atoms with Gasteiger partial charge in [-0.15, -0.1) is 5.10 Å². The first-order chi connectivity index (χ1) is 7.65. The highest BCUT2D eigenvalue weighted by Gasteiger charge is 2.11. The molecule has 0 aliphatic carbocycles. The van der Waals surface area contributed by atoms with E-state index >= 15 is 0 Å². The van der Waals surface area contributed by atoms with Crippen LogP contribution >= 0.6 is 0 Å². The third-order valence-electron chi connectivity index (χ3n) is 1.69. The van der Waals surface area contributed by atoms with E-state index in [9.17, 15) is 4.79 Å². The number of H-pyrrole nitrogens is 1. The highest BCUT2D eigenvalue weighted by molar-refractivity contribution is 5.90. The van der Waals surface area contributed by atoms with Crippen molar-refractivity contribution >= 4 is 11.9 Å². The molecule has 16 heavy (non-hydrogen) atoms. The molecule has 4 N–H and O–H groups in total. The van der Waals surface area contributed by atoms with Gasteiger partial charge in [0.1, 0.15) is 0 Å². The van der Waals surface area contributed by atoms with Gasteiger partial charge >= 0.3 is 0 Å². The molecule has 9 nitrogen and oxygen atoms in total. The number of hydrogen-bond acceptors (Lipinski definition) is 7. The molecule has 0 saturated heterocycles. The van der Waals surface area contributed by atoms with Gasteiger partial charge in [-0.3, -0.25) is 9.89 Å². The molecule has 0 aliphatic heterocycles. The van der Waals surface area contributed by atoms with Gasteiger partial charge in [0.2, 0.25) is 17.7 Å². The number of amides is 1. The lowest BCUT2D eigenvalue weighted by atomic mass is 10.5. The second-order valence-electron chi connectivity index (χ2n) is 2.96. The Morgan fingerprint density at radius 2 is 2.38 bits per heavy atom. The quantitative estimate of drug-likeness (QED) is 0.607. The zero-order valence-electron chi connectivity index (χ0n) is 8.39. The fraction of sp³-hybridized carbons (Fsp3) is 0.286. The Morgan fingerprint density at radius 3 is 2.94 bits per heavy atom. The lowest BCUT2D eigenvalue weighted by molar-refractivity contribution is 0.0936. The molecule has 1 amide bonds. The molecule has 84 valence electrons. The number of aromatic amines is 1. The normalized spacial score (nSPS) is 10.3. The van der Waals surface area contributed by atoms with E-state index in [0.717, 1.165) is 0 Å². The summed E-state index contributed by atoms with van der Waals surface area (Å²) in [6, 6.07) is 0. The molecule has 2 aromatic rings. The van der Waals surface area contributed by atoms with Crippen molar-refractivity contribution in [1.29, 1.82) is 0 Å². The van der Waals surface area contributed by atoms with Crippen molar-refractivity contribution in [3.63, 3.8) is 0 Å². The average molecular weight is 223 g/mol. The summed E-state index contributed by atoms with van der Waals surface area (Å²) in [7, 11) is 0. The molecule has 2 aromatic heterocycles. The number of carbonyl (C=O) groups is 1. The molecule has 9 heteroatoms. The van der Waals surface area contributed by atoms with Crippen LogP contribution in [0.1, 0.15) is 22.3 Å². The molecule has 0 saturated carbocycles. The molecule has 2 heterocycles. The van der Waals surface area contributed by atoms with Gasteiger partial charge in [0, 0.05) is 0 Å². The highest BCUT2D eigenvalue weighted by atomic mass is 16.5. The summed E-state index contributed by atoms with van der Waals surface area (Å²) in [5, 5.41) is 12.0. The summed E-state index contributed by atoms with van der Waals surface area (Å²) in [5.74, 6) is 0.430. The summed E-state index contributed by atoms with van der Waals surface area (Å²) < 4.78 is 4.81. The second-order valence-corrected chi connectivity index (χ2v) is 2.96. The third kappa shape index (κ3) is 2.13. The van der Waals surface area contributed by atoms with E-state index in [1.165, 1.54) is 0 Å². The van der Waals surface area contributed by atoms with Crippen molar-refractivity contribution < 1.29 is 9.32 Å². The highest BCUT2D eigenvalue weighted by Crippen LogP contribution is 1.97. The monoisotopic (exact) mass is 223 g/mol. The molecule has 0 aromatic carbocycles. The largest absolute Gasteiger partial charge is 0.366 e. The van der Waals surface area contributed by atoms with Crippen LogP contribution in [0.15, 0.2) is 4.52 Å². The van der Waals surface area contributed by atoms with Crippen molar-refractivity contribution in [2.24, 2.45) is 0 Å². The number of rotatable bonds is 3. The molecule has 0 aliphatic rings. The average Bonchev–Trinajstić information content (AvgIpc) is 2.84. The van der Waals surface area contributed by atoms with E-state index in [1.54, 1.807) is 6.92 Å². The minimum absolute atomic E-state index is 0.0128. The van der Waals surface area contributed by atoms with Crippen LogP contribution in [-0.2, 0) is 6.54 Å². The number of hydrogen-bond donors (Lipinski definition) is 3. The Bertz CT molecular complexity index is 502. The third-order valence-corrected chi connectivity index (χ3v) is 1.69. The number of nitrogens with two attached hydrogens (primary N) is 1. The Kier molecular flexibility index (Phi) is 2.50. The van der Waals surface area contributed by atoms with Gasteiger partial charge in [0.05, 0.1) is 6.54 Å². The maximum atomic E-state index is 11.4. The van der Waals surface area contributed by atoms with E-state index in [1.807, 2.05) is 0 Å². The summed E-state index contributed by atoms with van der Waals surface area (Å²) in [6.07, 6.45) is 0. The topological polar surface area (TPSA) is 136 Å². The lowest BCUT2D eigenvalue weighted by Gasteiger charge is -1.96. The zero-order valence-corrected chi connectivity index (χ0v) is 8.39. The number of aryl methyl sites for hydroxylation is 1. The molecule has 0 unspecified atom stereocenters. The predicted molar refractivity (Wildman–Crippen MR) is 51.0 cm³/mol. The molecular formula is C7H9N7O2. The molecule has 0 bridgehead atoms. The summed E-state index contributed by atoms with van der Waals surface area (Å²) in [4.78, 5) is 19.0. The fourth-order valence-corrected chi connectivity index (χ4v) is 1.03. The maximum Gasteiger partial charge on any atom is 0.289 e. The molecule has 0 fully saturated rings. The number of anilines is 1. The van der Waals surface area contributed by atoms with E-state index < -0.39 is 5.91 Å². The van der Waals surface area contributed by atoms with Crippen molar-refractivity contribution in [3.8, 4) is 0 Å². The van der Waals surface area contributed by atoms with E-state index in [4.69, 9.17) is 10.3 Å². The summed E-state index contributed by atoms with van der Waals surface area (Å²) >= 11 is 0. The Balaban J connectivity index is 1.93. The predicted octanol–water partition coefficient (Wildman–Crippen LogP) is -0.992. The zero-order chi connectivity index (χ0) is 11.5. The van der Waals surface area contributed by atoms with Gasteiger partial charge in [-0.25, -0.2) is 0 Å². The van der Waals surface area contributed by atoms with Gasteiger partial charge in [0.25, 0.3) is 5.91 Å². The second kappa shape index (κ2) is 3.96. The molecule has 0 atom stereocenters. The smallest absolute Gasteiger partial charge is 0.289 e. The van der Waals surface area contributed by atoms with Crippen LogP contribution in [0.4, 0.5) is 5.95 Å². The van der Waals surface area contributed by atoms with E-state index in [0.29, 0.717) is 11.7 Å². The summed E-state index contributed by atoms with van der Waals surface area (Å²) in [5.41, 5.74) is 5.25. The maximum absolute atomic E-state index is 11.4. The molecule has 2 rings (SSSR count). The van der Waals surface area contributed by atoms with Gasteiger partial charge in [-0.05, 0) is 6.92 Å². The van der Waals surface area contributed by atoms with Crippen LogP contribution in [0.3, 0.4) is 0 Å². The minimum atomic E-state index is -0.444. The number of carbonyl (C=O) groups excluding carboxylic acids is 1. The van der Waals surface area contributed by atoms with Crippen LogP contribution in [0, 0.1) is 6.92 Å². The standard InChI is InChI=1S/C7H9N7O2/c1-3-10-4(16-14-3)2-9-6(15)5-11-7(8)13-12-5/h2H2,1H3,(H,9,15)(H3,8,11,12,13). The number of nitrogen functional groups attached to an aromatic ring is 1. The molecular weight excluding hydrogens is 214 g/mol. The minimum Gasteiger partial charge on any atom is -0.366 e. The fourth-order valence-electron chi connectivity index (χ4n) is 1.03. The summed E-state index contributed by atoms with van der Waals surface area (Å²) in [6.45, 7) is 1.81. The lowest BCUT2D eigenvalue weighted by Crippen LogP contribution is -2.24. The van der Waals surface area contributed by atoms with Crippen molar-refractivity contribution in [2.45, 2.75) is 13.5 Å². The Labute approximate surface area is 89.4 Å². The van der Waals surface area contributed by atoms with Gasteiger partial charge < -0.3 is 15.6 Å². The van der Waals surface area contributed by atoms with Gasteiger partial charge in [-0.1, -0.05) is 5.16 Å².